The minimum Gasteiger partial charge on any atom is -0.361 e. The fraction of sp³-hybridized carbons (Fsp3) is 0.316. The predicted octanol–water partition coefficient (Wildman–Crippen LogP) is 3.81. The summed E-state index contributed by atoms with van der Waals surface area (Å²) in [5, 5.41) is 9.15. The molecule has 0 saturated heterocycles. The zero-order chi connectivity index (χ0) is 16.4. The van der Waals surface area contributed by atoms with Gasteiger partial charge in [-0.15, -0.1) is 0 Å². The summed E-state index contributed by atoms with van der Waals surface area (Å²) in [7, 11) is 4.05. The number of benzene rings is 2. The molecule has 2 atom stereocenters. The van der Waals surface area contributed by atoms with E-state index in [1.54, 1.807) is 12.1 Å². The van der Waals surface area contributed by atoms with Crippen molar-refractivity contribution in [2.24, 2.45) is 0 Å². The summed E-state index contributed by atoms with van der Waals surface area (Å²) in [5.41, 5.74) is 3.71. The van der Waals surface area contributed by atoms with E-state index in [4.69, 9.17) is 10.00 Å². The van der Waals surface area contributed by atoms with E-state index < -0.39 is 0 Å². The Morgan fingerprint density at radius 1 is 1.13 bits per heavy atom. The van der Waals surface area contributed by atoms with E-state index in [0.29, 0.717) is 5.56 Å². The van der Waals surface area contributed by atoms with E-state index >= 15 is 0 Å². The third kappa shape index (κ3) is 3.26. The first-order valence-corrected chi connectivity index (χ1v) is 7.68. The first-order chi connectivity index (χ1) is 11.1. The van der Waals surface area contributed by atoms with Gasteiger partial charge in [0.25, 0.3) is 0 Å². The van der Waals surface area contributed by atoms with E-state index in [0.717, 1.165) is 29.7 Å². The van der Waals surface area contributed by atoms with Gasteiger partial charge in [-0.2, -0.15) is 5.26 Å². The lowest BCUT2D eigenvalue weighted by molar-refractivity contribution is 0.0247. The third-order valence-corrected chi connectivity index (χ3v) is 4.16. The van der Waals surface area contributed by atoms with Crippen molar-refractivity contribution in [3.8, 4) is 6.07 Å². The van der Waals surface area contributed by atoms with Crippen molar-refractivity contribution in [1.29, 1.82) is 5.26 Å². The van der Waals surface area contributed by atoms with Crippen LogP contribution in [-0.2, 0) is 4.74 Å². The van der Waals surface area contributed by atoms with Crippen LogP contribution < -0.4 is 0 Å². The molecule has 2 aromatic rings. The number of ether oxygens (including phenoxy) is 1. The highest BCUT2D eigenvalue weighted by Crippen LogP contribution is 2.44. The van der Waals surface area contributed by atoms with Crippen molar-refractivity contribution in [2.75, 3.05) is 20.6 Å². The fourth-order valence-electron chi connectivity index (χ4n) is 2.97. The summed E-state index contributed by atoms with van der Waals surface area (Å²) in [4.78, 5) is 2.11. The van der Waals surface area contributed by atoms with Crippen LogP contribution in [0, 0.1) is 17.1 Å². The molecule has 0 N–H and O–H groups in total. The number of fused-ring (bicyclic) bond motifs is 1. The summed E-state index contributed by atoms with van der Waals surface area (Å²) in [6.07, 6.45) is 0.605. The molecule has 2 aromatic carbocycles. The van der Waals surface area contributed by atoms with E-state index in [1.807, 2.05) is 32.3 Å². The summed E-state index contributed by atoms with van der Waals surface area (Å²) >= 11 is 0. The lowest BCUT2D eigenvalue weighted by atomic mass is 9.95. The Hall–Kier alpha value is -2.22. The number of rotatable bonds is 4. The van der Waals surface area contributed by atoms with Crippen molar-refractivity contribution in [1.82, 2.24) is 4.90 Å². The average Bonchev–Trinajstić information content (AvgIpc) is 2.91. The highest BCUT2D eigenvalue weighted by molar-refractivity contribution is 5.45. The molecule has 3 rings (SSSR count). The Morgan fingerprint density at radius 2 is 1.87 bits per heavy atom. The maximum atomic E-state index is 13.2. The lowest BCUT2D eigenvalue weighted by Crippen LogP contribution is -2.16. The van der Waals surface area contributed by atoms with Gasteiger partial charge in [-0.1, -0.05) is 18.2 Å². The van der Waals surface area contributed by atoms with Gasteiger partial charge in [0.1, 0.15) is 11.9 Å². The molecule has 4 heteroatoms. The molecule has 0 aromatic heterocycles. The first kappa shape index (κ1) is 15.7. The van der Waals surface area contributed by atoms with Crippen LogP contribution in [0.1, 0.15) is 40.9 Å². The highest BCUT2D eigenvalue weighted by Gasteiger charge is 2.32. The Labute approximate surface area is 135 Å². The van der Waals surface area contributed by atoms with Crippen LogP contribution in [0.3, 0.4) is 0 Å². The van der Waals surface area contributed by atoms with Crippen LogP contribution in [0.15, 0.2) is 42.5 Å². The van der Waals surface area contributed by atoms with E-state index in [1.165, 1.54) is 12.1 Å². The first-order valence-electron chi connectivity index (χ1n) is 7.68. The van der Waals surface area contributed by atoms with Crippen LogP contribution in [0.5, 0.6) is 0 Å². The number of hydrogen-bond donors (Lipinski definition) is 0. The van der Waals surface area contributed by atoms with E-state index in [9.17, 15) is 4.39 Å². The summed E-state index contributed by atoms with van der Waals surface area (Å²) in [5.74, 6) is -0.254. The maximum Gasteiger partial charge on any atom is 0.123 e. The summed E-state index contributed by atoms with van der Waals surface area (Å²) in [6.45, 7) is 0.900. The normalized spacial score (nSPS) is 19.6. The maximum absolute atomic E-state index is 13.2. The van der Waals surface area contributed by atoms with Gasteiger partial charge in [-0.25, -0.2) is 4.39 Å². The molecular formula is C19H19FN2O. The zero-order valence-electron chi connectivity index (χ0n) is 13.3. The molecule has 0 radical (unpaired) electrons. The molecular weight excluding hydrogens is 291 g/mol. The van der Waals surface area contributed by atoms with Crippen LogP contribution in [0.2, 0.25) is 0 Å². The number of halogens is 1. The van der Waals surface area contributed by atoms with Crippen LogP contribution in [0.4, 0.5) is 4.39 Å². The van der Waals surface area contributed by atoms with Gasteiger partial charge in [-0.05, 0) is 61.5 Å². The van der Waals surface area contributed by atoms with E-state index in [2.05, 4.69) is 11.0 Å². The van der Waals surface area contributed by atoms with Crippen LogP contribution in [-0.4, -0.2) is 25.5 Å². The fourth-order valence-corrected chi connectivity index (χ4v) is 2.97. The van der Waals surface area contributed by atoms with Gasteiger partial charge in [0.05, 0.1) is 17.7 Å². The van der Waals surface area contributed by atoms with Gasteiger partial charge >= 0.3 is 0 Å². The Morgan fingerprint density at radius 3 is 2.52 bits per heavy atom. The van der Waals surface area contributed by atoms with Crippen LogP contribution >= 0.6 is 0 Å². The van der Waals surface area contributed by atoms with E-state index in [-0.39, 0.29) is 18.0 Å². The van der Waals surface area contributed by atoms with Crippen molar-refractivity contribution in [2.45, 2.75) is 18.6 Å². The molecule has 2 unspecified atom stereocenters. The zero-order valence-corrected chi connectivity index (χ0v) is 13.3. The minimum absolute atomic E-state index is 0.0456. The number of hydrogen-bond acceptors (Lipinski definition) is 3. The molecule has 0 spiro atoms. The summed E-state index contributed by atoms with van der Waals surface area (Å²) in [6, 6.07) is 14.3. The van der Waals surface area contributed by atoms with Gasteiger partial charge in [0.15, 0.2) is 0 Å². The molecule has 0 amide bonds. The molecule has 0 bridgehead atoms. The lowest BCUT2D eigenvalue weighted by Gasteiger charge is -2.17. The van der Waals surface area contributed by atoms with Gasteiger partial charge in [-0.3, -0.25) is 0 Å². The second-order valence-corrected chi connectivity index (χ2v) is 6.10. The highest BCUT2D eigenvalue weighted by atomic mass is 19.1. The molecule has 1 heterocycles. The molecule has 23 heavy (non-hydrogen) atoms. The monoisotopic (exact) mass is 310 g/mol. The van der Waals surface area contributed by atoms with Crippen molar-refractivity contribution >= 4 is 0 Å². The topological polar surface area (TPSA) is 36.3 Å². The molecule has 118 valence electrons. The molecule has 0 fully saturated rings. The Kier molecular flexibility index (Phi) is 4.42. The quantitative estimate of drug-likeness (QED) is 0.861. The van der Waals surface area contributed by atoms with Crippen LogP contribution in [0.25, 0.3) is 0 Å². The van der Waals surface area contributed by atoms with Crippen molar-refractivity contribution < 1.29 is 9.13 Å². The summed E-state index contributed by atoms with van der Waals surface area (Å²) < 4.78 is 19.4. The van der Waals surface area contributed by atoms with Crippen molar-refractivity contribution in [3.63, 3.8) is 0 Å². The molecule has 0 aliphatic carbocycles. The largest absolute Gasteiger partial charge is 0.361 e. The second-order valence-electron chi connectivity index (χ2n) is 6.10. The number of nitriles is 1. The molecule has 1 aliphatic rings. The third-order valence-electron chi connectivity index (χ3n) is 4.16. The second kappa shape index (κ2) is 6.49. The SMILES string of the molecule is CN(C)CCC1OC(c2ccc(F)cc2)c2ccc(C#N)cc21. The van der Waals surface area contributed by atoms with Gasteiger partial charge in [0, 0.05) is 6.54 Å². The smallest absolute Gasteiger partial charge is 0.123 e. The van der Waals surface area contributed by atoms with Gasteiger partial charge < -0.3 is 9.64 Å². The molecule has 1 aliphatic heterocycles. The van der Waals surface area contributed by atoms with Crippen molar-refractivity contribution in [3.05, 3.63) is 70.5 Å². The number of nitrogens with zero attached hydrogens (tertiary/aromatic N) is 2. The Balaban J connectivity index is 1.95. The molecule has 0 saturated carbocycles. The Bertz CT molecular complexity index is 734. The molecule has 3 nitrogen and oxygen atoms in total. The minimum atomic E-state index is -0.254. The predicted molar refractivity (Wildman–Crippen MR) is 86.4 cm³/mol. The van der Waals surface area contributed by atoms with Gasteiger partial charge in [0.2, 0.25) is 0 Å². The standard InChI is InChI=1S/C19H19FN2O/c1-22(2)10-9-18-17-11-13(12-21)3-8-16(17)19(23-18)14-4-6-15(20)7-5-14/h3-8,11,18-19H,9-10H2,1-2H3. The average molecular weight is 310 g/mol.